The van der Waals surface area contributed by atoms with Crippen molar-refractivity contribution in [2.45, 2.75) is 44.5 Å². The van der Waals surface area contributed by atoms with Crippen LogP contribution in [0.1, 0.15) is 47.2 Å². The molecular formula is C27H28F3N3O3. The average molecular weight is 500 g/mol. The van der Waals surface area contributed by atoms with Gasteiger partial charge >= 0.3 is 6.18 Å². The highest BCUT2D eigenvalue weighted by molar-refractivity contribution is 5.94. The van der Waals surface area contributed by atoms with Crippen LogP contribution in [0, 0.1) is 0 Å². The largest absolute Gasteiger partial charge is 0.416 e. The second kappa shape index (κ2) is 10.3. The first kappa shape index (κ1) is 24.4. The van der Waals surface area contributed by atoms with Crippen LogP contribution in [0.4, 0.5) is 19.1 Å². The Hall–Kier alpha value is -3.33. The van der Waals surface area contributed by atoms with Gasteiger partial charge in [0.2, 0.25) is 5.88 Å². The van der Waals surface area contributed by atoms with Gasteiger partial charge in [0.1, 0.15) is 5.69 Å². The van der Waals surface area contributed by atoms with Crippen LogP contribution in [0.15, 0.2) is 59.1 Å². The molecule has 3 heterocycles. The predicted molar refractivity (Wildman–Crippen MR) is 129 cm³/mol. The number of carbonyl (C=O) groups excluding carboxylic acids is 1. The minimum atomic E-state index is -4.53. The molecule has 2 fully saturated rings. The molecule has 1 aromatic heterocycles. The lowest BCUT2D eigenvalue weighted by molar-refractivity contribution is -0.137. The molecule has 0 saturated carbocycles. The van der Waals surface area contributed by atoms with Crippen LogP contribution in [0.2, 0.25) is 0 Å². The van der Waals surface area contributed by atoms with Crippen LogP contribution in [-0.2, 0) is 17.5 Å². The quantitative estimate of drug-likeness (QED) is 0.412. The Morgan fingerprint density at radius 2 is 1.83 bits per heavy atom. The van der Waals surface area contributed by atoms with Crippen molar-refractivity contribution < 1.29 is 27.2 Å². The molecule has 5 rings (SSSR count). The van der Waals surface area contributed by atoms with Crippen molar-refractivity contribution >= 4 is 11.8 Å². The fourth-order valence-corrected chi connectivity index (χ4v) is 4.89. The van der Waals surface area contributed by atoms with Gasteiger partial charge in [0.05, 0.1) is 23.8 Å². The molecule has 2 aliphatic rings. The number of anilines is 1. The van der Waals surface area contributed by atoms with Crippen molar-refractivity contribution in [3.05, 3.63) is 71.3 Å². The van der Waals surface area contributed by atoms with Gasteiger partial charge in [-0.05, 0) is 43.9 Å². The van der Waals surface area contributed by atoms with Crippen LogP contribution in [0.25, 0.3) is 11.3 Å². The molecule has 0 spiro atoms. The topological polar surface area (TPSA) is 58.8 Å². The first-order chi connectivity index (χ1) is 17.4. The molecule has 2 saturated heterocycles. The molecule has 3 aromatic rings. The van der Waals surface area contributed by atoms with E-state index in [0.717, 1.165) is 62.0 Å². The molecule has 1 atom stereocenters. The third-order valence-electron chi connectivity index (χ3n) is 6.73. The third-order valence-corrected chi connectivity index (χ3v) is 6.73. The Kier molecular flexibility index (Phi) is 7.00. The van der Waals surface area contributed by atoms with Gasteiger partial charge in [-0.2, -0.15) is 13.2 Å². The van der Waals surface area contributed by atoms with Gasteiger partial charge in [0, 0.05) is 37.4 Å². The maximum atomic E-state index is 13.7. The van der Waals surface area contributed by atoms with Gasteiger partial charge in [-0.25, -0.2) is 0 Å². The fraction of sp³-hybridized carbons (Fsp3) is 0.407. The lowest BCUT2D eigenvalue weighted by Gasteiger charge is -2.27. The van der Waals surface area contributed by atoms with E-state index in [0.29, 0.717) is 18.2 Å². The minimum absolute atomic E-state index is 0.0109. The van der Waals surface area contributed by atoms with Crippen molar-refractivity contribution in [1.82, 2.24) is 10.1 Å². The predicted octanol–water partition coefficient (Wildman–Crippen LogP) is 5.78. The van der Waals surface area contributed by atoms with Crippen LogP contribution in [-0.4, -0.2) is 48.3 Å². The average Bonchev–Trinajstić information content (AvgIpc) is 3.65. The Labute approximate surface area is 207 Å². The summed E-state index contributed by atoms with van der Waals surface area (Å²) in [7, 11) is 0. The zero-order valence-electron chi connectivity index (χ0n) is 19.8. The van der Waals surface area contributed by atoms with E-state index in [9.17, 15) is 18.0 Å². The lowest BCUT2D eigenvalue weighted by Crippen LogP contribution is -2.37. The number of alkyl halides is 3. The van der Waals surface area contributed by atoms with Crippen molar-refractivity contribution in [3.63, 3.8) is 0 Å². The van der Waals surface area contributed by atoms with Crippen molar-refractivity contribution in [1.29, 1.82) is 0 Å². The molecule has 0 aliphatic carbocycles. The van der Waals surface area contributed by atoms with E-state index in [1.54, 1.807) is 4.90 Å². The number of hydrogen-bond acceptors (Lipinski definition) is 5. The number of hydrogen-bond donors (Lipinski definition) is 0. The molecule has 190 valence electrons. The summed E-state index contributed by atoms with van der Waals surface area (Å²) in [6, 6.07) is 14.1. The normalized spacial score (nSPS) is 18.1. The van der Waals surface area contributed by atoms with Crippen molar-refractivity contribution in [3.8, 4) is 11.3 Å². The van der Waals surface area contributed by atoms with E-state index in [4.69, 9.17) is 9.26 Å². The van der Waals surface area contributed by atoms with Crippen LogP contribution in [0.3, 0.4) is 0 Å². The van der Waals surface area contributed by atoms with Crippen LogP contribution >= 0.6 is 0 Å². The standard InChI is InChI=1S/C27H28F3N3O3/c28-27(29,30)21-11-6-10-20(16-21)25(34)33(17-22-12-7-15-35-22)18-23-24(19-8-2-1-3-9-19)31-36-26(23)32-13-4-5-14-32/h1-3,6,8-11,16,22H,4-5,7,12-15,17-18H2. The van der Waals surface area contributed by atoms with Crippen LogP contribution in [0.5, 0.6) is 0 Å². The number of nitrogens with zero attached hydrogens (tertiary/aromatic N) is 3. The van der Waals surface area contributed by atoms with E-state index >= 15 is 0 Å². The van der Waals surface area contributed by atoms with Gasteiger partial charge in [0.25, 0.3) is 5.91 Å². The van der Waals surface area contributed by atoms with E-state index in [-0.39, 0.29) is 24.8 Å². The SMILES string of the molecule is O=C(c1cccc(C(F)(F)F)c1)N(Cc1c(-c2ccccc2)noc1N1CCCC1)CC1CCCO1. The summed E-state index contributed by atoms with van der Waals surface area (Å²) in [4.78, 5) is 17.3. The van der Waals surface area contributed by atoms with Gasteiger partial charge in [0.15, 0.2) is 0 Å². The third kappa shape index (κ3) is 5.26. The number of rotatable bonds is 7. The van der Waals surface area contributed by atoms with Gasteiger partial charge in [-0.15, -0.1) is 0 Å². The molecule has 1 unspecified atom stereocenters. The molecule has 0 N–H and O–H groups in total. The maximum Gasteiger partial charge on any atom is 0.416 e. The molecule has 9 heteroatoms. The second-order valence-corrected chi connectivity index (χ2v) is 9.27. The Balaban J connectivity index is 1.52. The van der Waals surface area contributed by atoms with Crippen LogP contribution < -0.4 is 4.90 Å². The molecule has 2 aliphatic heterocycles. The van der Waals surface area contributed by atoms with E-state index in [1.165, 1.54) is 12.1 Å². The number of amides is 1. The summed E-state index contributed by atoms with van der Waals surface area (Å²) >= 11 is 0. The summed E-state index contributed by atoms with van der Waals surface area (Å²) in [6.07, 6.45) is -0.964. The lowest BCUT2D eigenvalue weighted by atomic mass is 10.0. The van der Waals surface area contributed by atoms with Gasteiger partial charge in [-0.3, -0.25) is 4.79 Å². The number of aromatic nitrogens is 1. The molecular weight excluding hydrogens is 471 g/mol. The summed E-state index contributed by atoms with van der Waals surface area (Å²) in [6.45, 7) is 2.67. The number of benzene rings is 2. The molecule has 0 radical (unpaired) electrons. The first-order valence-corrected chi connectivity index (χ1v) is 12.3. The van der Waals surface area contributed by atoms with Crippen molar-refractivity contribution in [2.75, 3.05) is 31.1 Å². The van der Waals surface area contributed by atoms with E-state index in [1.807, 2.05) is 30.3 Å². The highest BCUT2D eigenvalue weighted by Crippen LogP contribution is 2.35. The smallest absolute Gasteiger partial charge is 0.376 e. The second-order valence-electron chi connectivity index (χ2n) is 9.27. The van der Waals surface area contributed by atoms with E-state index < -0.39 is 17.6 Å². The zero-order chi connectivity index (χ0) is 25.1. The highest BCUT2D eigenvalue weighted by Gasteiger charge is 2.33. The molecule has 6 nitrogen and oxygen atoms in total. The molecule has 36 heavy (non-hydrogen) atoms. The van der Waals surface area contributed by atoms with E-state index in [2.05, 4.69) is 10.1 Å². The highest BCUT2D eigenvalue weighted by atomic mass is 19.4. The maximum absolute atomic E-state index is 13.7. The monoisotopic (exact) mass is 499 g/mol. The molecule has 2 aromatic carbocycles. The minimum Gasteiger partial charge on any atom is -0.376 e. The number of carbonyl (C=O) groups is 1. The summed E-state index contributed by atoms with van der Waals surface area (Å²) < 4.78 is 51.7. The first-order valence-electron chi connectivity index (χ1n) is 12.3. The van der Waals surface area contributed by atoms with Gasteiger partial charge in [-0.1, -0.05) is 41.6 Å². The Bertz CT molecular complexity index is 1180. The Morgan fingerprint density at radius 3 is 2.53 bits per heavy atom. The number of halogens is 3. The molecule has 1 amide bonds. The fourth-order valence-electron chi connectivity index (χ4n) is 4.89. The van der Waals surface area contributed by atoms with Gasteiger partial charge < -0.3 is 19.1 Å². The van der Waals surface area contributed by atoms with Crippen molar-refractivity contribution in [2.24, 2.45) is 0 Å². The Morgan fingerprint density at radius 1 is 1.06 bits per heavy atom. The zero-order valence-corrected chi connectivity index (χ0v) is 19.8. The molecule has 0 bridgehead atoms. The summed E-state index contributed by atoms with van der Waals surface area (Å²) in [5.41, 5.74) is 1.37. The summed E-state index contributed by atoms with van der Waals surface area (Å²) in [5.74, 6) is 0.129. The number of ether oxygens (including phenoxy) is 1. The summed E-state index contributed by atoms with van der Waals surface area (Å²) in [5, 5.41) is 4.36.